The average molecular weight is 322 g/mol. The highest BCUT2D eigenvalue weighted by Crippen LogP contribution is 2.26. The van der Waals surface area contributed by atoms with Gasteiger partial charge >= 0.3 is 6.03 Å². The number of aliphatic hydroxyl groups is 1. The Bertz CT molecular complexity index is 509. The molecule has 1 aromatic heterocycles. The molecule has 122 valence electrons. The molecule has 2 N–H and O–H groups in total. The van der Waals surface area contributed by atoms with Gasteiger partial charge < -0.3 is 15.3 Å². The number of nitrogens with zero attached hydrogens (tertiary/aromatic N) is 1. The molecule has 1 aliphatic heterocycles. The summed E-state index contributed by atoms with van der Waals surface area (Å²) in [7, 11) is 0. The van der Waals surface area contributed by atoms with E-state index in [4.69, 9.17) is 0 Å². The van der Waals surface area contributed by atoms with Gasteiger partial charge in [-0.3, -0.25) is 0 Å². The molecule has 0 spiro atoms. The first-order valence-corrected chi connectivity index (χ1v) is 8.76. The lowest BCUT2D eigenvalue weighted by atomic mass is 9.89. The summed E-state index contributed by atoms with van der Waals surface area (Å²) in [6, 6.07) is 4.21. The van der Waals surface area contributed by atoms with Crippen LogP contribution in [0.2, 0.25) is 0 Å². The second kappa shape index (κ2) is 7.79. The van der Waals surface area contributed by atoms with Gasteiger partial charge in [0.2, 0.25) is 0 Å². The smallest absolute Gasteiger partial charge is 0.317 e. The summed E-state index contributed by atoms with van der Waals surface area (Å²) in [6.45, 7) is 6.38. The quantitative estimate of drug-likeness (QED) is 0.789. The lowest BCUT2D eigenvalue weighted by molar-refractivity contribution is 0.147. The van der Waals surface area contributed by atoms with Gasteiger partial charge in [-0.1, -0.05) is 26.0 Å². The van der Waals surface area contributed by atoms with Crippen molar-refractivity contribution < 1.29 is 9.90 Å². The molecule has 0 aliphatic carbocycles. The minimum Gasteiger partial charge on any atom is -0.396 e. The number of amides is 2. The number of urea groups is 1. The summed E-state index contributed by atoms with van der Waals surface area (Å²) in [4.78, 5) is 15.3. The van der Waals surface area contributed by atoms with Crippen molar-refractivity contribution in [2.75, 3.05) is 26.2 Å². The Morgan fingerprint density at radius 1 is 1.50 bits per heavy atom. The van der Waals surface area contributed by atoms with E-state index in [1.807, 2.05) is 18.7 Å². The molecule has 0 bridgehead atoms. The molecule has 5 heteroatoms. The topological polar surface area (TPSA) is 52.6 Å². The Morgan fingerprint density at radius 3 is 2.91 bits per heavy atom. The zero-order valence-corrected chi connectivity index (χ0v) is 14.3. The number of carbonyl (C=O) groups is 1. The summed E-state index contributed by atoms with van der Waals surface area (Å²) in [5.74, 6) is 0. The molecule has 2 amide bonds. The van der Waals surface area contributed by atoms with Crippen LogP contribution in [0.3, 0.4) is 0 Å². The van der Waals surface area contributed by atoms with Crippen molar-refractivity contribution in [3.63, 3.8) is 0 Å². The SMILES string of the molecule is CC(C)(CO)CCCNC(=O)N1CC=C(c2cccs2)CC1. The summed E-state index contributed by atoms with van der Waals surface area (Å²) in [6.07, 6.45) is 4.88. The first-order valence-electron chi connectivity index (χ1n) is 7.88. The van der Waals surface area contributed by atoms with E-state index >= 15 is 0 Å². The van der Waals surface area contributed by atoms with Crippen molar-refractivity contribution in [2.45, 2.75) is 33.1 Å². The van der Waals surface area contributed by atoms with Gasteiger partial charge in [-0.25, -0.2) is 4.79 Å². The molecule has 0 atom stereocenters. The van der Waals surface area contributed by atoms with Gasteiger partial charge in [0, 0.05) is 31.1 Å². The number of hydrogen-bond donors (Lipinski definition) is 2. The van der Waals surface area contributed by atoms with Gasteiger partial charge in [-0.15, -0.1) is 11.3 Å². The van der Waals surface area contributed by atoms with Gasteiger partial charge in [-0.2, -0.15) is 0 Å². The Hall–Kier alpha value is -1.33. The second-order valence-corrected chi connectivity index (χ2v) is 7.51. The molecule has 1 aliphatic rings. The van der Waals surface area contributed by atoms with Crippen molar-refractivity contribution >= 4 is 22.9 Å². The number of thiophene rings is 1. The van der Waals surface area contributed by atoms with Crippen LogP contribution in [0, 0.1) is 5.41 Å². The van der Waals surface area contributed by atoms with E-state index in [0.29, 0.717) is 13.1 Å². The molecule has 0 unspecified atom stereocenters. The summed E-state index contributed by atoms with van der Waals surface area (Å²) in [5, 5.41) is 14.3. The normalized spacial score (nSPS) is 15.6. The predicted molar refractivity (Wildman–Crippen MR) is 92.0 cm³/mol. The molecule has 4 nitrogen and oxygen atoms in total. The molecule has 0 aromatic carbocycles. The van der Waals surface area contributed by atoms with Crippen LogP contribution < -0.4 is 5.32 Å². The summed E-state index contributed by atoms with van der Waals surface area (Å²) in [5.41, 5.74) is 1.29. The van der Waals surface area contributed by atoms with Gasteiger partial charge in [0.1, 0.15) is 0 Å². The number of aliphatic hydroxyl groups excluding tert-OH is 1. The third-order valence-corrected chi connectivity index (χ3v) is 5.01. The zero-order valence-electron chi connectivity index (χ0n) is 13.5. The molecule has 0 radical (unpaired) electrons. The summed E-state index contributed by atoms with van der Waals surface area (Å²) >= 11 is 1.75. The Labute approximate surface area is 136 Å². The lowest BCUT2D eigenvalue weighted by Gasteiger charge is -2.27. The molecule has 22 heavy (non-hydrogen) atoms. The Kier molecular flexibility index (Phi) is 6.03. The minimum atomic E-state index is -0.0613. The molecule has 0 saturated carbocycles. The average Bonchev–Trinajstić information content (AvgIpc) is 3.06. The van der Waals surface area contributed by atoms with E-state index in [2.05, 4.69) is 28.9 Å². The lowest BCUT2D eigenvalue weighted by Crippen LogP contribution is -2.42. The fraction of sp³-hybridized carbons (Fsp3) is 0.588. The van der Waals surface area contributed by atoms with Crippen LogP contribution in [-0.4, -0.2) is 42.3 Å². The molecule has 1 aromatic rings. The van der Waals surface area contributed by atoms with E-state index in [1.54, 1.807) is 11.3 Å². The van der Waals surface area contributed by atoms with Crippen LogP contribution >= 0.6 is 11.3 Å². The molecular formula is C17H26N2O2S. The Balaban J connectivity index is 1.71. The fourth-order valence-corrected chi connectivity index (χ4v) is 3.29. The van der Waals surface area contributed by atoms with E-state index in [0.717, 1.165) is 25.8 Å². The van der Waals surface area contributed by atoms with Crippen molar-refractivity contribution in [1.29, 1.82) is 0 Å². The van der Waals surface area contributed by atoms with Crippen LogP contribution in [-0.2, 0) is 0 Å². The van der Waals surface area contributed by atoms with Gasteiger partial charge in [-0.05, 0) is 41.7 Å². The third-order valence-electron chi connectivity index (χ3n) is 4.07. The maximum Gasteiger partial charge on any atom is 0.317 e. The van der Waals surface area contributed by atoms with Gasteiger partial charge in [0.25, 0.3) is 0 Å². The van der Waals surface area contributed by atoms with Crippen molar-refractivity contribution in [3.8, 4) is 0 Å². The van der Waals surface area contributed by atoms with Crippen LogP contribution in [0.15, 0.2) is 23.6 Å². The highest BCUT2D eigenvalue weighted by Gasteiger charge is 2.19. The molecule has 2 heterocycles. The highest BCUT2D eigenvalue weighted by molar-refractivity contribution is 7.11. The maximum atomic E-state index is 12.1. The van der Waals surface area contributed by atoms with Gasteiger partial charge in [0.05, 0.1) is 0 Å². The van der Waals surface area contributed by atoms with E-state index in [9.17, 15) is 9.90 Å². The van der Waals surface area contributed by atoms with E-state index in [1.165, 1.54) is 10.5 Å². The third kappa shape index (κ3) is 4.85. The van der Waals surface area contributed by atoms with Crippen molar-refractivity contribution in [1.82, 2.24) is 10.2 Å². The first kappa shape index (κ1) is 17.0. The molecule has 0 saturated heterocycles. The standard InChI is InChI=1S/C17H26N2O2S/c1-17(2,13-20)8-4-9-18-16(21)19-10-6-14(7-11-19)15-5-3-12-22-15/h3,5-6,12,20H,4,7-11,13H2,1-2H3,(H,18,21). The number of rotatable bonds is 6. The van der Waals surface area contributed by atoms with E-state index in [-0.39, 0.29) is 18.1 Å². The number of nitrogens with one attached hydrogen (secondary N) is 1. The Morgan fingerprint density at radius 2 is 2.32 bits per heavy atom. The fourth-order valence-electron chi connectivity index (χ4n) is 2.49. The van der Waals surface area contributed by atoms with Crippen LogP contribution in [0.1, 0.15) is 38.0 Å². The summed E-state index contributed by atoms with van der Waals surface area (Å²) < 4.78 is 0. The zero-order chi connectivity index (χ0) is 16.0. The van der Waals surface area contributed by atoms with Crippen molar-refractivity contribution in [2.24, 2.45) is 5.41 Å². The number of carbonyl (C=O) groups excluding carboxylic acids is 1. The largest absolute Gasteiger partial charge is 0.396 e. The monoisotopic (exact) mass is 322 g/mol. The molecule has 0 fully saturated rings. The number of hydrogen-bond acceptors (Lipinski definition) is 3. The predicted octanol–water partition coefficient (Wildman–Crippen LogP) is 3.35. The second-order valence-electron chi connectivity index (χ2n) is 6.56. The van der Waals surface area contributed by atoms with Crippen LogP contribution in [0.5, 0.6) is 0 Å². The van der Waals surface area contributed by atoms with Crippen LogP contribution in [0.4, 0.5) is 4.79 Å². The highest BCUT2D eigenvalue weighted by atomic mass is 32.1. The molecular weight excluding hydrogens is 296 g/mol. The van der Waals surface area contributed by atoms with Crippen LogP contribution in [0.25, 0.3) is 5.57 Å². The maximum absolute atomic E-state index is 12.1. The minimum absolute atomic E-state index is 0.0169. The van der Waals surface area contributed by atoms with Gasteiger partial charge in [0.15, 0.2) is 0 Å². The first-order chi connectivity index (χ1) is 10.5. The molecule has 2 rings (SSSR count). The van der Waals surface area contributed by atoms with Crippen molar-refractivity contribution in [3.05, 3.63) is 28.5 Å². The van der Waals surface area contributed by atoms with E-state index < -0.39 is 0 Å².